The maximum atomic E-state index is 12.7. The van der Waals surface area contributed by atoms with Gasteiger partial charge < -0.3 is 15.0 Å². The molecular formula is C17H19ClN4O3. The maximum absolute atomic E-state index is 12.7. The molecule has 0 aliphatic carbocycles. The summed E-state index contributed by atoms with van der Waals surface area (Å²) in [7, 11) is 0. The first kappa shape index (κ1) is 16.4. The van der Waals surface area contributed by atoms with Crippen LogP contribution in [-0.2, 0) is 17.7 Å². The number of ether oxygens (including phenoxy) is 1. The second-order valence-electron chi connectivity index (χ2n) is 6.41. The molecular weight excluding hydrogens is 344 g/mol. The van der Waals surface area contributed by atoms with E-state index in [1.165, 1.54) is 4.40 Å². The Balaban J connectivity index is 1.53. The number of hydrogen-bond donors (Lipinski definition) is 1. The van der Waals surface area contributed by atoms with Gasteiger partial charge in [-0.15, -0.1) is 0 Å². The molecule has 2 aromatic heterocycles. The van der Waals surface area contributed by atoms with Gasteiger partial charge in [0, 0.05) is 32.3 Å². The Morgan fingerprint density at radius 2 is 2.32 bits per heavy atom. The number of rotatable bonds is 2. The third-order valence-electron chi connectivity index (χ3n) is 4.73. The van der Waals surface area contributed by atoms with Crippen LogP contribution in [0.2, 0.25) is 5.02 Å². The van der Waals surface area contributed by atoms with Crippen molar-refractivity contribution in [1.29, 1.82) is 0 Å². The number of halogens is 1. The number of pyridine rings is 1. The first-order valence-electron chi connectivity index (χ1n) is 8.46. The van der Waals surface area contributed by atoms with Crippen LogP contribution in [0.25, 0.3) is 5.65 Å². The highest BCUT2D eigenvalue weighted by molar-refractivity contribution is 6.30. The lowest BCUT2D eigenvalue weighted by Crippen LogP contribution is -2.46. The molecule has 1 fully saturated rings. The molecule has 2 aliphatic heterocycles. The summed E-state index contributed by atoms with van der Waals surface area (Å²) in [6.45, 7) is 2.07. The second-order valence-corrected chi connectivity index (χ2v) is 6.85. The van der Waals surface area contributed by atoms with E-state index in [-0.39, 0.29) is 24.2 Å². The van der Waals surface area contributed by atoms with Gasteiger partial charge in [-0.25, -0.2) is 9.78 Å². The van der Waals surface area contributed by atoms with E-state index >= 15 is 0 Å². The summed E-state index contributed by atoms with van der Waals surface area (Å²) in [4.78, 5) is 31.3. The van der Waals surface area contributed by atoms with Crippen molar-refractivity contribution in [3.05, 3.63) is 45.0 Å². The third-order valence-corrected chi connectivity index (χ3v) is 4.95. The molecule has 25 heavy (non-hydrogen) atoms. The van der Waals surface area contributed by atoms with Crippen molar-refractivity contribution >= 4 is 23.3 Å². The van der Waals surface area contributed by atoms with Crippen molar-refractivity contribution in [1.82, 2.24) is 19.6 Å². The van der Waals surface area contributed by atoms with Crippen molar-refractivity contribution in [2.24, 2.45) is 0 Å². The molecule has 4 heterocycles. The summed E-state index contributed by atoms with van der Waals surface area (Å²) in [5, 5.41) is 3.37. The minimum atomic E-state index is -0.170. The predicted molar refractivity (Wildman–Crippen MR) is 93.0 cm³/mol. The van der Waals surface area contributed by atoms with Crippen LogP contribution < -0.4 is 10.9 Å². The Kier molecular flexibility index (Phi) is 4.35. The number of nitrogens with zero attached hydrogens (tertiary/aromatic N) is 3. The van der Waals surface area contributed by atoms with Crippen LogP contribution in [-0.4, -0.2) is 46.1 Å². The van der Waals surface area contributed by atoms with Gasteiger partial charge in [-0.05, 0) is 25.0 Å². The minimum absolute atomic E-state index is 0.0967. The van der Waals surface area contributed by atoms with E-state index < -0.39 is 0 Å². The number of amides is 2. The van der Waals surface area contributed by atoms with E-state index in [4.69, 9.17) is 16.3 Å². The number of urea groups is 1. The van der Waals surface area contributed by atoms with Crippen molar-refractivity contribution in [3.8, 4) is 0 Å². The van der Waals surface area contributed by atoms with Gasteiger partial charge in [0.2, 0.25) is 0 Å². The normalized spacial score (nSPS) is 19.9. The molecule has 1 unspecified atom stereocenters. The van der Waals surface area contributed by atoms with Crippen molar-refractivity contribution < 1.29 is 9.53 Å². The van der Waals surface area contributed by atoms with E-state index in [0.29, 0.717) is 35.7 Å². The van der Waals surface area contributed by atoms with Crippen LogP contribution in [0, 0.1) is 0 Å². The molecule has 8 heteroatoms. The van der Waals surface area contributed by atoms with E-state index in [1.54, 1.807) is 23.2 Å². The lowest BCUT2D eigenvalue weighted by molar-refractivity contribution is 0.108. The second kappa shape index (κ2) is 6.65. The average molecular weight is 363 g/mol. The Bertz CT molecular complexity index is 876. The molecule has 1 N–H and O–H groups in total. The summed E-state index contributed by atoms with van der Waals surface area (Å²) >= 11 is 5.98. The van der Waals surface area contributed by atoms with Gasteiger partial charge in [0.05, 0.1) is 28.9 Å². The van der Waals surface area contributed by atoms with Gasteiger partial charge in [0.15, 0.2) is 0 Å². The number of hydrogen-bond acceptors (Lipinski definition) is 4. The minimum Gasteiger partial charge on any atom is -0.376 e. The third kappa shape index (κ3) is 3.21. The van der Waals surface area contributed by atoms with E-state index in [9.17, 15) is 9.59 Å². The number of fused-ring (bicyclic) bond motifs is 2. The van der Waals surface area contributed by atoms with Crippen LogP contribution >= 0.6 is 11.6 Å². The molecule has 0 radical (unpaired) electrons. The Morgan fingerprint density at radius 3 is 3.12 bits per heavy atom. The highest BCUT2D eigenvalue weighted by Gasteiger charge is 2.26. The van der Waals surface area contributed by atoms with Gasteiger partial charge in [-0.2, -0.15) is 0 Å². The van der Waals surface area contributed by atoms with Crippen molar-refractivity contribution in [2.45, 2.75) is 31.9 Å². The number of nitrogens with one attached hydrogen (secondary N) is 1. The highest BCUT2D eigenvalue weighted by atomic mass is 35.5. The van der Waals surface area contributed by atoms with Crippen LogP contribution in [0.3, 0.4) is 0 Å². The Labute approximate surface area is 149 Å². The zero-order valence-electron chi connectivity index (χ0n) is 13.7. The molecule has 2 amide bonds. The first-order chi connectivity index (χ1) is 12.1. The van der Waals surface area contributed by atoms with Gasteiger partial charge >= 0.3 is 6.03 Å². The molecule has 0 spiro atoms. The first-order valence-corrected chi connectivity index (χ1v) is 8.83. The largest absolute Gasteiger partial charge is 0.376 e. The summed E-state index contributed by atoms with van der Waals surface area (Å²) in [5.41, 5.74) is 1.72. The highest BCUT2D eigenvalue weighted by Crippen LogP contribution is 2.17. The SMILES string of the molecule is O=C(NCC1CCCO1)N1CCc2nc3ccc(Cl)cn3c(=O)c2C1. The molecule has 132 valence electrons. The summed E-state index contributed by atoms with van der Waals surface area (Å²) in [6, 6.07) is 3.27. The fourth-order valence-corrected chi connectivity index (χ4v) is 3.52. The quantitative estimate of drug-likeness (QED) is 0.880. The van der Waals surface area contributed by atoms with Gasteiger partial charge in [-0.1, -0.05) is 11.6 Å². The van der Waals surface area contributed by atoms with Crippen LogP contribution in [0.15, 0.2) is 23.1 Å². The van der Waals surface area contributed by atoms with E-state index in [0.717, 1.165) is 25.1 Å². The predicted octanol–water partition coefficient (Wildman–Crippen LogP) is 1.59. The van der Waals surface area contributed by atoms with E-state index in [2.05, 4.69) is 10.3 Å². The molecule has 1 saturated heterocycles. The molecule has 0 aromatic carbocycles. The number of carbonyl (C=O) groups is 1. The number of carbonyl (C=O) groups excluding carboxylic acids is 1. The molecule has 0 bridgehead atoms. The van der Waals surface area contributed by atoms with Crippen LogP contribution in [0.1, 0.15) is 24.1 Å². The van der Waals surface area contributed by atoms with Gasteiger partial charge in [0.25, 0.3) is 5.56 Å². The zero-order valence-corrected chi connectivity index (χ0v) is 14.5. The zero-order chi connectivity index (χ0) is 17.4. The fraction of sp³-hybridized carbons (Fsp3) is 0.471. The molecule has 1 atom stereocenters. The summed E-state index contributed by atoms with van der Waals surface area (Å²) in [5.74, 6) is 0. The summed E-state index contributed by atoms with van der Waals surface area (Å²) in [6.07, 6.45) is 4.23. The molecule has 2 aliphatic rings. The van der Waals surface area contributed by atoms with Gasteiger partial charge in [0.1, 0.15) is 5.65 Å². The van der Waals surface area contributed by atoms with Crippen molar-refractivity contribution in [2.75, 3.05) is 19.7 Å². The molecule has 0 saturated carbocycles. The smallest absolute Gasteiger partial charge is 0.317 e. The molecule has 4 rings (SSSR count). The average Bonchev–Trinajstić information content (AvgIpc) is 3.14. The topological polar surface area (TPSA) is 75.9 Å². The maximum Gasteiger partial charge on any atom is 0.317 e. The fourth-order valence-electron chi connectivity index (χ4n) is 3.36. The van der Waals surface area contributed by atoms with E-state index in [1.807, 2.05) is 0 Å². The standard InChI is InChI=1S/C17H19ClN4O3/c18-11-3-4-15-20-14-5-6-21(10-13(14)16(23)22(15)9-11)17(24)19-8-12-2-1-7-25-12/h3-4,9,12H,1-2,5-8,10H2,(H,19,24). The monoisotopic (exact) mass is 362 g/mol. The molecule has 2 aromatic rings. The van der Waals surface area contributed by atoms with Crippen LogP contribution in [0.4, 0.5) is 4.79 Å². The Morgan fingerprint density at radius 1 is 1.44 bits per heavy atom. The Hall–Kier alpha value is -2.12. The lowest BCUT2D eigenvalue weighted by atomic mass is 10.1. The van der Waals surface area contributed by atoms with Gasteiger partial charge in [-0.3, -0.25) is 9.20 Å². The number of aromatic nitrogens is 2. The summed E-state index contributed by atoms with van der Waals surface area (Å²) < 4.78 is 6.96. The van der Waals surface area contributed by atoms with Crippen molar-refractivity contribution in [3.63, 3.8) is 0 Å². The lowest BCUT2D eigenvalue weighted by Gasteiger charge is -2.28. The molecule has 7 nitrogen and oxygen atoms in total. The van der Waals surface area contributed by atoms with Crippen LogP contribution in [0.5, 0.6) is 0 Å².